The largest absolute Gasteiger partial charge is 0.416 e. The number of hydrogen-bond donors (Lipinski definition) is 1. The summed E-state index contributed by atoms with van der Waals surface area (Å²) >= 11 is 0. The van der Waals surface area contributed by atoms with Crippen LogP contribution in [0.15, 0.2) is 29.2 Å². The average molecular weight is 450 g/mol. The van der Waals surface area contributed by atoms with Crippen molar-refractivity contribution in [2.45, 2.75) is 36.9 Å². The molecule has 3 rings (SSSR count). The Kier molecular flexibility index (Phi) is 7.44. The van der Waals surface area contributed by atoms with Gasteiger partial charge in [0.1, 0.15) is 0 Å². The summed E-state index contributed by atoms with van der Waals surface area (Å²) in [5, 5.41) is 10.4. The number of piperazine rings is 1. The Hall–Kier alpha value is -1.20. The van der Waals surface area contributed by atoms with Gasteiger partial charge in [0, 0.05) is 39.3 Å². The van der Waals surface area contributed by atoms with Crippen LogP contribution in [-0.4, -0.2) is 86.1 Å². The molecule has 1 atom stereocenters. The van der Waals surface area contributed by atoms with Crippen LogP contribution >= 0.6 is 0 Å². The van der Waals surface area contributed by atoms with Crippen LogP contribution in [0.5, 0.6) is 0 Å². The molecule has 2 heterocycles. The number of aliphatic hydroxyl groups is 1. The van der Waals surface area contributed by atoms with Gasteiger partial charge >= 0.3 is 6.18 Å². The lowest BCUT2D eigenvalue weighted by Crippen LogP contribution is -2.51. The fourth-order valence-corrected chi connectivity index (χ4v) is 5.50. The molecule has 0 spiro atoms. The maximum absolute atomic E-state index is 12.9. The van der Waals surface area contributed by atoms with Crippen molar-refractivity contribution >= 4 is 10.0 Å². The summed E-state index contributed by atoms with van der Waals surface area (Å²) in [7, 11) is -3.99. The summed E-state index contributed by atoms with van der Waals surface area (Å²) in [6, 6.07) is 3.86. The van der Waals surface area contributed by atoms with Gasteiger partial charge in [0.15, 0.2) is 0 Å². The summed E-state index contributed by atoms with van der Waals surface area (Å²) < 4.78 is 65.5. The highest BCUT2D eigenvalue weighted by Gasteiger charge is 2.34. The third-order valence-corrected chi connectivity index (χ3v) is 7.84. The maximum Gasteiger partial charge on any atom is 0.416 e. The van der Waals surface area contributed by atoms with Gasteiger partial charge in [0.25, 0.3) is 0 Å². The van der Waals surface area contributed by atoms with E-state index in [1.54, 1.807) is 0 Å². The van der Waals surface area contributed by atoms with Crippen molar-refractivity contribution in [3.8, 4) is 0 Å². The number of β-amino-alcohol motifs (C(OH)–C–C–N with tert-alkyl or cyclic N) is 1. The number of likely N-dealkylation sites (tertiary alicyclic amines) is 1. The molecule has 2 saturated heterocycles. The van der Waals surface area contributed by atoms with Gasteiger partial charge in [-0.15, -0.1) is 0 Å². The number of rotatable bonds is 6. The van der Waals surface area contributed by atoms with Crippen LogP contribution in [0.4, 0.5) is 13.2 Å². The van der Waals surface area contributed by atoms with Crippen LogP contribution in [0.2, 0.25) is 0 Å². The second kappa shape index (κ2) is 9.52. The quantitative estimate of drug-likeness (QED) is 0.721. The van der Waals surface area contributed by atoms with Gasteiger partial charge in [-0.05, 0) is 50.0 Å². The van der Waals surface area contributed by atoms with Crippen LogP contribution in [0.25, 0.3) is 0 Å². The van der Waals surface area contributed by atoms with Gasteiger partial charge in [-0.25, -0.2) is 8.42 Å². The molecule has 2 fully saturated rings. The van der Waals surface area contributed by atoms with Gasteiger partial charge in [-0.3, -0.25) is 4.90 Å². The number of alkyl halides is 3. The molecule has 0 aromatic heterocycles. The number of hydrogen-bond acceptors (Lipinski definition) is 5. The summed E-state index contributed by atoms with van der Waals surface area (Å²) in [4.78, 5) is 3.93. The molecular weight excluding hydrogens is 419 g/mol. The first-order valence-electron chi connectivity index (χ1n) is 10.4. The number of benzene rings is 1. The summed E-state index contributed by atoms with van der Waals surface area (Å²) in [5.74, 6) is 0.727. The molecule has 0 bridgehead atoms. The first kappa shape index (κ1) is 23.5. The molecule has 0 amide bonds. The lowest BCUT2D eigenvalue weighted by molar-refractivity contribution is -0.137. The smallest absolute Gasteiger partial charge is 0.390 e. The van der Waals surface area contributed by atoms with E-state index < -0.39 is 27.9 Å². The van der Waals surface area contributed by atoms with E-state index in [1.165, 1.54) is 10.4 Å². The van der Waals surface area contributed by atoms with Crippen LogP contribution in [0, 0.1) is 5.92 Å². The Labute approximate surface area is 176 Å². The number of nitrogens with zero attached hydrogens (tertiary/aromatic N) is 3. The molecule has 30 heavy (non-hydrogen) atoms. The molecule has 0 aliphatic carbocycles. The number of aliphatic hydroxyl groups excluding tert-OH is 1. The zero-order chi connectivity index (χ0) is 21.9. The lowest BCUT2D eigenvalue weighted by atomic mass is 9.99. The van der Waals surface area contributed by atoms with Gasteiger partial charge < -0.3 is 10.0 Å². The monoisotopic (exact) mass is 449 g/mol. The zero-order valence-electron chi connectivity index (χ0n) is 17.2. The molecule has 2 aliphatic rings. The van der Waals surface area contributed by atoms with Crippen molar-refractivity contribution in [1.82, 2.24) is 14.1 Å². The molecule has 170 valence electrons. The van der Waals surface area contributed by atoms with Crippen molar-refractivity contribution in [3.05, 3.63) is 29.8 Å². The molecule has 1 N–H and O–H groups in total. The minimum Gasteiger partial charge on any atom is -0.390 e. The Morgan fingerprint density at radius 3 is 2.17 bits per heavy atom. The Balaban J connectivity index is 1.52. The second-order valence-electron chi connectivity index (χ2n) is 8.37. The SMILES string of the molecule is CC1CCN(CC(O)CN2CCN(S(=O)(=O)c3cccc(C(F)(F)F)c3)CC2)CC1. The highest BCUT2D eigenvalue weighted by molar-refractivity contribution is 7.89. The lowest BCUT2D eigenvalue weighted by Gasteiger charge is -2.36. The molecular formula is C20H30F3N3O3S. The fourth-order valence-electron chi connectivity index (χ4n) is 4.03. The number of halogens is 3. The van der Waals surface area contributed by atoms with Gasteiger partial charge in [0.2, 0.25) is 10.0 Å². The van der Waals surface area contributed by atoms with E-state index in [-0.39, 0.29) is 18.0 Å². The first-order chi connectivity index (χ1) is 14.1. The molecule has 0 saturated carbocycles. The Morgan fingerprint density at radius 2 is 1.60 bits per heavy atom. The van der Waals surface area contributed by atoms with Crippen molar-refractivity contribution < 1.29 is 26.7 Å². The minimum atomic E-state index is -4.59. The van der Waals surface area contributed by atoms with Crippen LogP contribution < -0.4 is 0 Å². The van der Waals surface area contributed by atoms with E-state index in [4.69, 9.17) is 0 Å². The van der Waals surface area contributed by atoms with E-state index in [9.17, 15) is 26.7 Å². The molecule has 6 nitrogen and oxygen atoms in total. The van der Waals surface area contributed by atoms with E-state index >= 15 is 0 Å². The number of sulfonamides is 1. The van der Waals surface area contributed by atoms with Crippen LogP contribution in [0.1, 0.15) is 25.3 Å². The summed E-state index contributed by atoms with van der Waals surface area (Å²) in [6.45, 7) is 6.53. The maximum atomic E-state index is 12.9. The molecule has 1 aromatic rings. The highest BCUT2D eigenvalue weighted by atomic mass is 32.2. The number of piperidine rings is 1. The van der Waals surface area contributed by atoms with E-state index in [1.807, 2.05) is 4.90 Å². The van der Waals surface area contributed by atoms with Gasteiger partial charge in [-0.1, -0.05) is 13.0 Å². The molecule has 1 aromatic carbocycles. The minimum absolute atomic E-state index is 0.187. The topological polar surface area (TPSA) is 64.1 Å². The van der Waals surface area contributed by atoms with Crippen molar-refractivity contribution in [3.63, 3.8) is 0 Å². The summed E-state index contributed by atoms with van der Waals surface area (Å²) in [6.07, 6.45) is -2.82. The van der Waals surface area contributed by atoms with Crippen molar-refractivity contribution in [2.24, 2.45) is 5.92 Å². The Bertz CT molecular complexity index is 803. The third kappa shape index (κ3) is 5.94. The Morgan fingerprint density at radius 1 is 1.03 bits per heavy atom. The second-order valence-corrected chi connectivity index (χ2v) is 10.3. The standard InChI is InChI=1S/C20H30F3N3O3S/c1-16-5-7-24(8-6-16)14-18(27)15-25-9-11-26(12-10-25)30(28,29)19-4-2-3-17(13-19)20(21,22)23/h2-4,13,16,18,27H,5-12,14-15H2,1H3. The predicted octanol–water partition coefficient (Wildman–Crippen LogP) is 2.10. The average Bonchev–Trinajstić information content (AvgIpc) is 2.69. The van der Waals surface area contributed by atoms with Gasteiger partial charge in [0.05, 0.1) is 16.6 Å². The molecule has 2 aliphatic heterocycles. The predicted molar refractivity (Wildman–Crippen MR) is 107 cm³/mol. The van der Waals surface area contributed by atoms with Crippen molar-refractivity contribution in [1.29, 1.82) is 0 Å². The van der Waals surface area contributed by atoms with Crippen molar-refractivity contribution in [2.75, 3.05) is 52.4 Å². The normalized spacial score (nSPS) is 22.3. The zero-order valence-corrected chi connectivity index (χ0v) is 18.0. The molecule has 0 radical (unpaired) electrons. The van der Waals surface area contributed by atoms with E-state index in [0.29, 0.717) is 32.2 Å². The molecule has 10 heteroatoms. The van der Waals surface area contributed by atoms with Gasteiger partial charge in [-0.2, -0.15) is 17.5 Å². The third-order valence-electron chi connectivity index (χ3n) is 5.94. The summed E-state index contributed by atoms with van der Waals surface area (Å²) in [5.41, 5.74) is -0.975. The molecule has 1 unspecified atom stereocenters. The van der Waals surface area contributed by atoms with Crippen LogP contribution in [0.3, 0.4) is 0 Å². The van der Waals surface area contributed by atoms with E-state index in [0.717, 1.165) is 44.0 Å². The fraction of sp³-hybridized carbons (Fsp3) is 0.700. The highest BCUT2D eigenvalue weighted by Crippen LogP contribution is 2.31. The van der Waals surface area contributed by atoms with E-state index in [2.05, 4.69) is 11.8 Å². The first-order valence-corrected chi connectivity index (χ1v) is 11.8. The van der Waals surface area contributed by atoms with Crippen LogP contribution in [-0.2, 0) is 16.2 Å².